The molecule has 0 radical (unpaired) electrons. The molecule has 1 heterocycles. The van der Waals surface area contributed by atoms with Crippen molar-refractivity contribution in [3.05, 3.63) is 0 Å². The fourth-order valence-electron chi connectivity index (χ4n) is 2.81. The molecule has 0 aromatic carbocycles. The monoisotopic (exact) mass is 196 g/mol. The minimum absolute atomic E-state index is 0.840. The van der Waals surface area contributed by atoms with Crippen LogP contribution in [0, 0.1) is 5.92 Å². The number of nitrogens with zero attached hydrogens (tertiary/aromatic N) is 1. The van der Waals surface area contributed by atoms with Gasteiger partial charge in [0.2, 0.25) is 0 Å². The summed E-state index contributed by atoms with van der Waals surface area (Å²) >= 11 is 0. The van der Waals surface area contributed by atoms with Crippen molar-refractivity contribution in [3.8, 4) is 0 Å². The first-order valence-corrected chi connectivity index (χ1v) is 6.33. The van der Waals surface area contributed by atoms with Crippen LogP contribution < -0.4 is 5.32 Å². The van der Waals surface area contributed by atoms with Crippen LogP contribution in [0.15, 0.2) is 0 Å². The molecule has 2 atom stereocenters. The van der Waals surface area contributed by atoms with Crippen LogP contribution in [0.2, 0.25) is 0 Å². The zero-order chi connectivity index (χ0) is 9.97. The van der Waals surface area contributed by atoms with Crippen LogP contribution in [0.5, 0.6) is 0 Å². The number of hydrogen-bond acceptors (Lipinski definition) is 2. The van der Waals surface area contributed by atoms with Gasteiger partial charge in [-0.2, -0.15) is 0 Å². The van der Waals surface area contributed by atoms with E-state index in [1.165, 1.54) is 45.3 Å². The van der Waals surface area contributed by atoms with E-state index in [4.69, 9.17) is 0 Å². The lowest BCUT2D eigenvalue weighted by atomic mass is 9.99. The molecule has 1 saturated carbocycles. The number of rotatable bonds is 5. The lowest BCUT2D eigenvalue weighted by Gasteiger charge is -2.32. The quantitative estimate of drug-likeness (QED) is 0.722. The molecule has 0 amide bonds. The van der Waals surface area contributed by atoms with Crippen molar-refractivity contribution in [3.63, 3.8) is 0 Å². The largest absolute Gasteiger partial charge is 0.315 e. The van der Waals surface area contributed by atoms with Gasteiger partial charge in [0.1, 0.15) is 0 Å². The van der Waals surface area contributed by atoms with Gasteiger partial charge in [-0.15, -0.1) is 0 Å². The molecule has 1 aliphatic carbocycles. The second-order valence-electron chi connectivity index (χ2n) is 4.86. The smallest absolute Gasteiger partial charge is 0.0263 e. The van der Waals surface area contributed by atoms with Crippen molar-refractivity contribution in [2.75, 3.05) is 19.6 Å². The van der Waals surface area contributed by atoms with E-state index in [-0.39, 0.29) is 0 Å². The highest BCUT2D eigenvalue weighted by Gasteiger charge is 2.38. The molecule has 14 heavy (non-hydrogen) atoms. The van der Waals surface area contributed by atoms with Crippen LogP contribution in [0.1, 0.15) is 39.5 Å². The topological polar surface area (TPSA) is 15.3 Å². The van der Waals surface area contributed by atoms with E-state index in [0.29, 0.717) is 0 Å². The molecule has 2 unspecified atom stereocenters. The summed E-state index contributed by atoms with van der Waals surface area (Å²) in [5, 5.41) is 3.55. The summed E-state index contributed by atoms with van der Waals surface area (Å²) in [6.07, 6.45) is 5.55. The summed E-state index contributed by atoms with van der Waals surface area (Å²) in [5.74, 6) is 0.905. The Morgan fingerprint density at radius 3 is 2.57 bits per heavy atom. The standard InChI is InChI=1S/C12H24N2/c1-3-7-14(11-5-6-11)12-9-13-8-10(12)4-2/h10-13H,3-9H2,1-2H3. The van der Waals surface area contributed by atoms with Gasteiger partial charge in [-0.1, -0.05) is 20.3 Å². The normalized spacial score (nSPS) is 32.8. The van der Waals surface area contributed by atoms with Crippen LogP contribution in [-0.4, -0.2) is 36.6 Å². The van der Waals surface area contributed by atoms with Crippen LogP contribution in [0.3, 0.4) is 0 Å². The highest BCUT2D eigenvalue weighted by Crippen LogP contribution is 2.32. The Balaban J connectivity index is 1.94. The molecule has 1 saturated heterocycles. The lowest BCUT2D eigenvalue weighted by Crippen LogP contribution is -2.42. The number of nitrogens with one attached hydrogen (secondary N) is 1. The molecule has 0 bridgehead atoms. The summed E-state index contributed by atoms with van der Waals surface area (Å²) in [5.41, 5.74) is 0. The molecule has 1 N–H and O–H groups in total. The SMILES string of the molecule is CCCN(C1CC1)C1CNCC1CC. The molecule has 2 rings (SSSR count). The van der Waals surface area contributed by atoms with E-state index in [0.717, 1.165) is 18.0 Å². The second-order valence-corrected chi connectivity index (χ2v) is 4.86. The molecule has 2 heteroatoms. The fourth-order valence-corrected chi connectivity index (χ4v) is 2.81. The highest BCUT2D eigenvalue weighted by atomic mass is 15.2. The van der Waals surface area contributed by atoms with Crippen molar-refractivity contribution >= 4 is 0 Å². The first kappa shape index (κ1) is 10.4. The molecular weight excluding hydrogens is 172 g/mol. The van der Waals surface area contributed by atoms with E-state index in [1.54, 1.807) is 0 Å². The zero-order valence-electron chi connectivity index (χ0n) is 9.63. The lowest BCUT2D eigenvalue weighted by molar-refractivity contribution is 0.160. The fraction of sp³-hybridized carbons (Fsp3) is 1.00. The maximum absolute atomic E-state index is 3.55. The van der Waals surface area contributed by atoms with Crippen molar-refractivity contribution in [2.24, 2.45) is 5.92 Å². The van der Waals surface area contributed by atoms with Crippen molar-refractivity contribution < 1.29 is 0 Å². The Morgan fingerprint density at radius 2 is 2.00 bits per heavy atom. The van der Waals surface area contributed by atoms with E-state index in [1.807, 2.05) is 0 Å². The average Bonchev–Trinajstić information content (AvgIpc) is 2.92. The molecule has 2 nitrogen and oxygen atoms in total. The van der Waals surface area contributed by atoms with Crippen LogP contribution >= 0.6 is 0 Å². The second kappa shape index (κ2) is 4.63. The molecule has 1 aliphatic heterocycles. The van der Waals surface area contributed by atoms with E-state index >= 15 is 0 Å². The van der Waals surface area contributed by atoms with Gasteiger partial charge in [0, 0.05) is 18.6 Å². The molecule has 0 spiro atoms. The summed E-state index contributed by atoms with van der Waals surface area (Å²) in [6, 6.07) is 1.78. The highest BCUT2D eigenvalue weighted by molar-refractivity contribution is 4.95. The van der Waals surface area contributed by atoms with Crippen LogP contribution in [-0.2, 0) is 0 Å². The predicted octanol–water partition coefficient (Wildman–Crippen LogP) is 1.86. The van der Waals surface area contributed by atoms with Gasteiger partial charge in [-0.25, -0.2) is 0 Å². The predicted molar refractivity (Wildman–Crippen MR) is 60.5 cm³/mol. The van der Waals surface area contributed by atoms with Crippen molar-refractivity contribution in [1.29, 1.82) is 0 Å². The molecule has 2 fully saturated rings. The first-order valence-electron chi connectivity index (χ1n) is 6.33. The van der Waals surface area contributed by atoms with Gasteiger partial charge in [-0.3, -0.25) is 4.90 Å². The Morgan fingerprint density at radius 1 is 1.21 bits per heavy atom. The Kier molecular flexibility index (Phi) is 3.45. The van der Waals surface area contributed by atoms with E-state index < -0.39 is 0 Å². The molecule has 0 aromatic rings. The van der Waals surface area contributed by atoms with Crippen molar-refractivity contribution in [1.82, 2.24) is 10.2 Å². The third-order valence-corrected chi connectivity index (χ3v) is 3.75. The summed E-state index contributed by atoms with van der Waals surface area (Å²) in [7, 11) is 0. The molecule has 2 aliphatic rings. The van der Waals surface area contributed by atoms with Crippen molar-refractivity contribution in [2.45, 2.75) is 51.6 Å². The van der Waals surface area contributed by atoms with Gasteiger partial charge >= 0.3 is 0 Å². The third kappa shape index (κ3) is 2.12. The van der Waals surface area contributed by atoms with Gasteiger partial charge in [0.05, 0.1) is 0 Å². The average molecular weight is 196 g/mol. The maximum atomic E-state index is 3.55. The number of hydrogen-bond donors (Lipinski definition) is 1. The van der Waals surface area contributed by atoms with E-state index in [9.17, 15) is 0 Å². The van der Waals surface area contributed by atoms with E-state index in [2.05, 4.69) is 24.1 Å². The van der Waals surface area contributed by atoms with Gasteiger partial charge in [-0.05, 0) is 38.3 Å². The molecular formula is C12H24N2. The molecule has 82 valence electrons. The Labute approximate surface area is 88.1 Å². The Hall–Kier alpha value is -0.0800. The first-order chi connectivity index (χ1) is 6.86. The Bertz CT molecular complexity index is 177. The van der Waals surface area contributed by atoms with Gasteiger partial charge in [0.25, 0.3) is 0 Å². The summed E-state index contributed by atoms with van der Waals surface area (Å²) in [6.45, 7) is 8.43. The maximum Gasteiger partial charge on any atom is 0.0263 e. The van der Waals surface area contributed by atoms with Gasteiger partial charge in [0.15, 0.2) is 0 Å². The minimum atomic E-state index is 0.840. The zero-order valence-corrected chi connectivity index (χ0v) is 9.63. The minimum Gasteiger partial charge on any atom is -0.315 e. The van der Waals surface area contributed by atoms with Crippen LogP contribution in [0.4, 0.5) is 0 Å². The van der Waals surface area contributed by atoms with Crippen LogP contribution in [0.25, 0.3) is 0 Å². The summed E-state index contributed by atoms with van der Waals surface area (Å²) < 4.78 is 0. The third-order valence-electron chi connectivity index (χ3n) is 3.75. The summed E-state index contributed by atoms with van der Waals surface area (Å²) in [4.78, 5) is 2.79. The van der Waals surface area contributed by atoms with Gasteiger partial charge < -0.3 is 5.32 Å². The molecule has 0 aromatic heterocycles.